The summed E-state index contributed by atoms with van der Waals surface area (Å²) in [5.41, 5.74) is 1.92. The topological polar surface area (TPSA) is 45.9 Å². The van der Waals surface area contributed by atoms with Crippen molar-refractivity contribution in [3.8, 4) is 5.75 Å². The molecular formula is C24H32N2O3. The number of furan rings is 1. The third-order valence-electron chi connectivity index (χ3n) is 6.19. The number of nitrogens with zero attached hydrogens (tertiary/aromatic N) is 2. The Morgan fingerprint density at radius 1 is 1.07 bits per heavy atom. The van der Waals surface area contributed by atoms with Crippen molar-refractivity contribution in [1.82, 2.24) is 9.80 Å². The molecule has 2 aliphatic heterocycles. The first-order valence-electron chi connectivity index (χ1n) is 10.9. The van der Waals surface area contributed by atoms with Crippen LogP contribution in [0.25, 0.3) is 0 Å². The Morgan fingerprint density at radius 3 is 2.48 bits per heavy atom. The maximum atomic E-state index is 13.0. The number of amides is 1. The Hall–Kier alpha value is -2.27. The largest absolute Gasteiger partial charge is 0.489 e. The number of piperidine rings is 2. The van der Waals surface area contributed by atoms with Crippen LogP contribution in [0.4, 0.5) is 0 Å². The standard InChI is InChI=1S/C24H32N2O3/c1-18-16-21(28-19(18)2)17-25-14-10-20(11-15-25)29-23-9-5-4-8-22(23)24(27)26-12-6-3-7-13-26/h4-5,8-9,16,20H,3,6-7,10-15,17H2,1-2H3. The summed E-state index contributed by atoms with van der Waals surface area (Å²) >= 11 is 0. The van der Waals surface area contributed by atoms with Gasteiger partial charge in [0.05, 0.1) is 12.1 Å². The van der Waals surface area contributed by atoms with E-state index in [1.165, 1.54) is 12.0 Å². The Kier molecular flexibility index (Phi) is 6.24. The molecule has 5 heteroatoms. The SMILES string of the molecule is Cc1cc(CN2CCC(Oc3ccccc3C(=O)N3CCCCC3)CC2)oc1C. The number of para-hydroxylation sites is 1. The molecule has 0 atom stereocenters. The lowest BCUT2D eigenvalue weighted by atomic mass is 10.1. The zero-order valence-electron chi connectivity index (χ0n) is 17.7. The summed E-state index contributed by atoms with van der Waals surface area (Å²) in [4.78, 5) is 17.4. The van der Waals surface area contributed by atoms with E-state index in [1.807, 2.05) is 36.1 Å². The first kappa shape index (κ1) is 20.0. The summed E-state index contributed by atoms with van der Waals surface area (Å²) in [5, 5.41) is 0. The van der Waals surface area contributed by atoms with E-state index in [0.29, 0.717) is 5.56 Å². The molecule has 1 aromatic carbocycles. The maximum Gasteiger partial charge on any atom is 0.257 e. The van der Waals surface area contributed by atoms with E-state index in [0.717, 1.165) is 75.7 Å². The molecule has 0 unspecified atom stereocenters. The lowest BCUT2D eigenvalue weighted by Gasteiger charge is -2.32. The van der Waals surface area contributed by atoms with Gasteiger partial charge < -0.3 is 14.1 Å². The van der Waals surface area contributed by atoms with Gasteiger partial charge >= 0.3 is 0 Å². The van der Waals surface area contributed by atoms with Gasteiger partial charge in [0, 0.05) is 26.2 Å². The molecule has 0 N–H and O–H groups in total. The molecule has 29 heavy (non-hydrogen) atoms. The fourth-order valence-electron chi connectivity index (χ4n) is 4.33. The van der Waals surface area contributed by atoms with Gasteiger partial charge in [0.25, 0.3) is 5.91 Å². The summed E-state index contributed by atoms with van der Waals surface area (Å²) < 4.78 is 12.1. The summed E-state index contributed by atoms with van der Waals surface area (Å²) in [6.07, 6.45) is 5.50. The Balaban J connectivity index is 1.34. The van der Waals surface area contributed by atoms with Crippen molar-refractivity contribution in [2.75, 3.05) is 26.2 Å². The number of carbonyl (C=O) groups excluding carboxylic acids is 1. The van der Waals surface area contributed by atoms with Crippen LogP contribution < -0.4 is 4.74 Å². The predicted octanol–water partition coefficient (Wildman–Crippen LogP) is 4.57. The molecular weight excluding hydrogens is 364 g/mol. The van der Waals surface area contributed by atoms with Gasteiger partial charge in [-0.3, -0.25) is 9.69 Å². The highest BCUT2D eigenvalue weighted by molar-refractivity contribution is 5.97. The molecule has 3 heterocycles. The van der Waals surface area contributed by atoms with Crippen molar-refractivity contribution in [2.24, 2.45) is 0 Å². The first-order valence-corrected chi connectivity index (χ1v) is 10.9. The zero-order valence-corrected chi connectivity index (χ0v) is 17.7. The van der Waals surface area contributed by atoms with Crippen LogP contribution in [-0.2, 0) is 6.54 Å². The molecule has 0 radical (unpaired) electrons. The number of benzene rings is 1. The third-order valence-corrected chi connectivity index (χ3v) is 6.19. The minimum atomic E-state index is 0.112. The van der Waals surface area contributed by atoms with Gasteiger partial charge in [0.2, 0.25) is 0 Å². The molecule has 2 aliphatic rings. The molecule has 2 fully saturated rings. The predicted molar refractivity (Wildman–Crippen MR) is 113 cm³/mol. The highest BCUT2D eigenvalue weighted by Crippen LogP contribution is 2.26. The van der Waals surface area contributed by atoms with Crippen LogP contribution >= 0.6 is 0 Å². The number of likely N-dealkylation sites (tertiary alicyclic amines) is 2. The summed E-state index contributed by atoms with van der Waals surface area (Å²) in [5.74, 6) is 2.89. The molecule has 0 saturated carbocycles. The average molecular weight is 397 g/mol. The van der Waals surface area contributed by atoms with E-state index in [-0.39, 0.29) is 12.0 Å². The van der Waals surface area contributed by atoms with Crippen LogP contribution in [0.15, 0.2) is 34.7 Å². The minimum Gasteiger partial charge on any atom is -0.489 e. The molecule has 0 spiro atoms. The van der Waals surface area contributed by atoms with Crippen LogP contribution in [-0.4, -0.2) is 48.0 Å². The summed E-state index contributed by atoms with van der Waals surface area (Å²) in [6, 6.07) is 9.88. The molecule has 1 aromatic heterocycles. The summed E-state index contributed by atoms with van der Waals surface area (Å²) in [7, 11) is 0. The molecule has 156 valence electrons. The maximum absolute atomic E-state index is 13.0. The molecule has 1 amide bonds. The van der Waals surface area contributed by atoms with Gasteiger partial charge in [0.15, 0.2) is 0 Å². The van der Waals surface area contributed by atoms with Crippen molar-refractivity contribution < 1.29 is 13.9 Å². The van der Waals surface area contributed by atoms with Crippen molar-refractivity contribution in [2.45, 2.75) is 58.6 Å². The molecule has 4 rings (SSSR count). The number of hydrogen-bond acceptors (Lipinski definition) is 4. The normalized spacial score (nSPS) is 18.8. The van der Waals surface area contributed by atoms with Crippen molar-refractivity contribution in [1.29, 1.82) is 0 Å². The van der Waals surface area contributed by atoms with E-state index < -0.39 is 0 Å². The van der Waals surface area contributed by atoms with E-state index >= 15 is 0 Å². The van der Waals surface area contributed by atoms with Crippen LogP contribution in [0.2, 0.25) is 0 Å². The Labute approximate surface area is 173 Å². The molecule has 0 aliphatic carbocycles. The van der Waals surface area contributed by atoms with Gasteiger partial charge in [-0.1, -0.05) is 12.1 Å². The van der Waals surface area contributed by atoms with E-state index in [1.54, 1.807) is 0 Å². The number of rotatable bonds is 5. The van der Waals surface area contributed by atoms with Gasteiger partial charge in [-0.2, -0.15) is 0 Å². The monoisotopic (exact) mass is 396 g/mol. The highest BCUT2D eigenvalue weighted by atomic mass is 16.5. The zero-order chi connectivity index (χ0) is 20.2. The minimum absolute atomic E-state index is 0.112. The Bertz CT molecular complexity index is 811. The van der Waals surface area contributed by atoms with Crippen molar-refractivity contribution in [3.05, 3.63) is 53.0 Å². The smallest absolute Gasteiger partial charge is 0.257 e. The van der Waals surface area contributed by atoms with Crippen LogP contribution in [0.1, 0.15) is 59.5 Å². The second kappa shape index (κ2) is 9.04. The van der Waals surface area contributed by atoms with Crippen LogP contribution in [0.5, 0.6) is 5.75 Å². The molecule has 2 saturated heterocycles. The van der Waals surface area contributed by atoms with E-state index in [9.17, 15) is 4.79 Å². The quantitative estimate of drug-likeness (QED) is 0.743. The lowest BCUT2D eigenvalue weighted by Crippen LogP contribution is -2.38. The number of hydrogen-bond donors (Lipinski definition) is 0. The average Bonchev–Trinajstić information content (AvgIpc) is 3.07. The van der Waals surface area contributed by atoms with Gasteiger partial charge in [-0.15, -0.1) is 0 Å². The third kappa shape index (κ3) is 4.84. The van der Waals surface area contributed by atoms with Crippen LogP contribution in [0.3, 0.4) is 0 Å². The second-order valence-electron chi connectivity index (χ2n) is 8.39. The van der Waals surface area contributed by atoms with Crippen molar-refractivity contribution >= 4 is 5.91 Å². The number of aryl methyl sites for hydroxylation is 2. The van der Waals surface area contributed by atoms with E-state index in [4.69, 9.17) is 9.15 Å². The molecule has 2 aromatic rings. The van der Waals surface area contributed by atoms with Crippen molar-refractivity contribution in [3.63, 3.8) is 0 Å². The van der Waals surface area contributed by atoms with Crippen LogP contribution in [0, 0.1) is 13.8 Å². The number of ether oxygens (including phenoxy) is 1. The number of carbonyl (C=O) groups is 1. The first-order chi connectivity index (χ1) is 14.1. The fourth-order valence-corrected chi connectivity index (χ4v) is 4.33. The second-order valence-corrected chi connectivity index (χ2v) is 8.39. The van der Waals surface area contributed by atoms with Gasteiger partial charge in [0.1, 0.15) is 23.4 Å². The summed E-state index contributed by atoms with van der Waals surface area (Å²) in [6.45, 7) is 8.63. The fraction of sp³-hybridized carbons (Fsp3) is 0.542. The molecule has 5 nitrogen and oxygen atoms in total. The lowest BCUT2D eigenvalue weighted by molar-refractivity contribution is 0.0699. The van der Waals surface area contributed by atoms with E-state index in [2.05, 4.69) is 17.9 Å². The van der Waals surface area contributed by atoms with Gasteiger partial charge in [-0.05, 0) is 69.7 Å². The van der Waals surface area contributed by atoms with Gasteiger partial charge in [-0.25, -0.2) is 0 Å². The molecule has 0 bridgehead atoms. The highest BCUT2D eigenvalue weighted by Gasteiger charge is 2.25. The Morgan fingerprint density at radius 2 is 1.79 bits per heavy atom.